The molecule has 0 saturated carbocycles. The van der Waals surface area contributed by atoms with Gasteiger partial charge in [0.15, 0.2) is 0 Å². The number of nitrogens with one attached hydrogen (secondary N) is 2. The molecule has 0 spiro atoms. The average Bonchev–Trinajstić information content (AvgIpc) is 3.01. The van der Waals surface area contributed by atoms with Crippen molar-refractivity contribution in [2.75, 3.05) is 13.6 Å². The average molecular weight is 255 g/mol. The van der Waals surface area contributed by atoms with Crippen molar-refractivity contribution in [2.45, 2.75) is 6.42 Å². The molecule has 1 aromatic carbocycles. The van der Waals surface area contributed by atoms with Crippen LogP contribution in [0.3, 0.4) is 0 Å². The Morgan fingerprint density at radius 3 is 3.05 bits per heavy atom. The Hall–Kier alpha value is -2.14. The zero-order chi connectivity index (χ0) is 13.2. The summed E-state index contributed by atoms with van der Waals surface area (Å²) in [6.07, 6.45) is 2.66. The van der Waals surface area contributed by atoms with E-state index < -0.39 is 0 Å². The number of aromatic nitrogens is 4. The Morgan fingerprint density at radius 2 is 2.21 bits per heavy atom. The van der Waals surface area contributed by atoms with Gasteiger partial charge < -0.3 is 10.3 Å². The number of nitrogens with zero attached hydrogens (tertiary/aromatic N) is 3. The molecule has 0 saturated heterocycles. The maximum Gasteiger partial charge on any atom is 0.0931 e. The third-order valence-electron chi connectivity index (χ3n) is 3.28. The van der Waals surface area contributed by atoms with Gasteiger partial charge in [-0.25, -0.2) is 4.98 Å². The van der Waals surface area contributed by atoms with E-state index in [9.17, 15) is 0 Å². The van der Waals surface area contributed by atoms with Crippen LogP contribution in [0.5, 0.6) is 0 Å². The van der Waals surface area contributed by atoms with Crippen molar-refractivity contribution < 1.29 is 0 Å². The van der Waals surface area contributed by atoms with E-state index in [0.717, 1.165) is 41.0 Å². The number of hydrogen-bond acceptors (Lipinski definition) is 3. The molecule has 0 unspecified atom stereocenters. The molecule has 0 fully saturated rings. The maximum atomic E-state index is 4.54. The molecule has 0 radical (unpaired) electrons. The van der Waals surface area contributed by atoms with Gasteiger partial charge >= 0.3 is 0 Å². The van der Waals surface area contributed by atoms with Gasteiger partial charge in [0.05, 0.1) is 28.7 Å². The Bertz CT molecular complexity index is 695. The van der Waals surface area contributed by atoms with Gasteiger partial charge in [-0.05, 0) is 25.2 Å². The molecule has 2 heterocycles. The number of likely N-dealkylation sites (N-methyl/N-ethyl adjacent to an activating group) is 1. The maximum absolute atomic E-state index is 4.54. The summed E-state index contributed by atoms with van der Waals surface area (Å²) in [6.45, 7) is 0.941. The lowest BCUT2D eigenvalue weighted by atomic mass is 10.1. The molecule has 5 heteroatoms. The quantitative estimate of drug-likeness (QED) is 0.746. The van der Waals surface area contributed by atoms with E-state index in [1.165, 1.54) is 0 Å². The van der Waals surface area contributed by atoms with Crippen molar-refractivity contribution in [3.05, 3.63) is 36.3 Å². The van der Waals surface area contributed by atoms with Crippen LogP contribution in [0.2, 0.25) is 0 Å². The Labute approximate surface area is 111 Å². The zero-order valence-electron chi connectivity index (χ0n) is 11.1. The summed E-state index contributed by atoms with van der Waals surface area (Å²) in [7, 11) is 3.94. The lowest BCUT2D eigenvalue weighted by Gasteiger charge is -2.01. The van der Waals surface area contributed by atoms with Crippen LogP contribution < -0.4 is 5.32 Å². The first-order valence-corrected chi connectivity index (χ1v) is 6.39. The lowest BCUT2D eigenvalue weighted by Crippen LogP contribution is -2.10. The molecular weight excluding hydrogens is 238 g/mol. The van der Waals surface area contributed by atoms with Crippen LogP contribution in [0.4, 0.5) is 0 Å². The third-order valence-corrected chi connectivity index (χ3v) is 3.28. The first-order chi connectivity index (χ1) is 9.28. The minimum absolute atomic E-state index is 0.941. The fraction of sp³-hybridized carbons (Fsp3) is 0.286. The van der Waals surface area contributed by atoms with E-state index in [1.54, 1.807) is 6.33 Å². The Balaban J connectivity index is 1.98. The third kappa shape index (κ3) is 2.24. The number of hydrogen-bond donors (Lipinski definition) is 2. The molecule has 0 aliphatic rings. The lowest BCUT2D eigenvalue weighted by molar-refractivity contribution is 0.720. The van der Waals surface area contributed by atoms with Gasteiger partial charge in [0.2, 0.25) is 0 Å². The predicted molar refractivity (Wildman–Crippen MR) is 75.9 cm³/mol. The number of fused-ring (bicyclic) bond motifs is 1. The summed E-state index contributed by atoms with van der Waals surface area (Å²) in [5, 5.41) is 7.69. The van der Waals surface area contributed by atoms with Crippen molar-refractivity contribution in [3.8, 4) is 11.3 Å². The topological polar surface area (TPSA) is 58.5 Å². The number of rotatable bonds is 4. The summed E-state index contributed by atoms with van der Waals surface area (Å²) in [6, 6.07) is 8.37. The predicted octanol–water partition coefficient (Wildman–Crippen LogP) is 1.73. The summed E-state index contributed by atoms with van der Waals surface area (Å²) < 4.78 is 1.93. The van der Waals surface area contributed by atoms with Gasteiger partial charge in [-0.2, -0.15) is 5.10 Å². The highest BCUT2D eigenvalue weighted by molar-refractivity contribution is 5.80. The van der Waals surface area contributed by atoms with E-state index in [0.29, 0.717) is 0 Å². The molecular formula is C14H17N5. The highest BCUT2D eigenvalue weighted by Crippen LogP contribution is 2.23. The summed E-state index contributed by atoms with van der Waals surface area (Å²) in [5.74, 6) is 0. The van der Waals surface area contributed by atoms with Gasteiger partial charge in [0.1, 0.15) is 0 Å². The summed E-state index contributed by atoms with van der Waals surface area (Å²) >= 11 is 0. The summed E-state index contributed by atoms with van der Waals surface area (Å²) in [4.78, 5) is 7.37. The second kappa shape index (κ2) is 4.85. The number of benzene rings is 1. The molecule has 0 atom stereocenters. The van der Waals surface area contributed by atoms with Crippen LogP contribution in [0.15, 0.2) is 30.6 Å². The standard InChI is InChI=1S/C14H17N5/c1-15-6-5-11-8-14(19(2)18-11)10-3-4-12-13(7-10)17-9-16-12/h3-4,7-9,15H,5-6H2,1-2H3,(H,16,17). The zero-order valence-corrected chi connectivity index (χ0v) is 11.1. The molecule has 0 aliphatic heterocycles. The van der Waals surface area contributed by atoms with Crippen molar-refractivity contribution in [1.29, 1.82) is 0 Å². The van der Waals surface area contributed by atoms with Crippen molar-refractivity contribution >= 4 is 11.0 Å². The fourth-order valence-electron chi connectivity index (χ4n) is 2.27. The number of aromatic amines is 1. The monoisotopic (exact) mass is 255 g/mol. The van der Waals surface area contributed by atoms with Crippen molar-refractivity contribution in [2.24, 2.45) is 7.05 Å². The Kier molecular flexibility index (Phi) is 3.05. The first kappa shape index (κ1) is 11.9. The molecule has 98 valence electrons. The first-order valence-electron chi connectivity index (χ1n) is 6.39. The van der Waals surface area contributed by atoms with E-state index in [1.807, 2.05) is 24.8 Å². The second-order valence-electron chi connectivity index (χ2n) is 4.63. The van der Waals surface area contributed by atoms with Crippen molar-refractivity contribution in [1.82, 2.24) is 25.1 Å². The van der Waals surface area contributed by atoms with Gasteiger partial charge in [-0.1, -0.05) is 6.07 Å². The van der Waals surface area contributed by atoms with E-state index in [4.69, 9.17) is 0 Å². The van der Waals surface area contributed by atoms with Crippen LogP contribution >= 0.6 is 0 Å². The highest BCUT2D eigenvalue weighted by Gasteiger charge is 2.08. The molecule has 3 aromatic rings. The molecule has 0 bridgehead atoms. The van der Waals surface area contributed by atoms with Crippen LogP contribution in [-0.2, 0) is 13.5 Å². The van der Waals surface area contributed by atoms with Crippen LogP contribution in [0.1, 0.15) is 5.69 Å². The van der Waals surface area contributed by atoms with Gasteiger partial charge in [0.25, 0.3) is 0 Å². The van der Waals surface area contributed by atoms with Gasteiger partial charge in [-0.15, -0.1) is 0 Å². The van der Waals surface area contributed by atoms with Crippen LogP contribution in [-0.4, -0.2) is 33.3 Å². The number of H-pyrrole nitrogens is 1. The second-order valence-corrected chi connectivity index (χ2v) is 4.63. The number of aryl methyl sites for hydroxylation is 1. The molecule has 19 heavy (non-hydrogen) atoms. The van der Waals surface area contributed by atoms with Crippen molar-refractivity contribution in [3.63, 3.8) is 0 Å². The van der Waals surface area contributed by atoms with Crippen LogP contribution in [0.25, 0.3) is 22.3 Å². The molecule has 0 aliphatic carbocycles. The molecule has 2 aromatic heterocycles. The smallest absolute Gasteiger partial charge is 0.0931 e. The Morgan fingerprint density at radius 1 is 1.32 bits per heavy atom. The molecule has 3 rings (SSSR count). The number of imidazole rings is 1. The highest BCUT2D eigenvalue weighted by atomic mass is 15.3. The van der Waals surface area contributed by atoms with E-state index in [2.05, 4.69) is 38.6 Å². The van der Waals surface area contributed by atoms with E-state index in [-0.39, 0.29) is 0 Å². The normalized spacial score (nSPS) is 11.3. The SMILES string of the molecule is CNCCc1cc(-c2ccc3nc[nH]c3c2)n(C)n1. The van der Waals surface area contributed by atoms with E-state index >= 15 is 0 Å². The van der Waals surface area contributed by atoms with Gasteiger partial charge in [0, 0.05) is 25.6 Å². The minimum Gasteiger partial charge on any atom is -0.345 e. The molecule has 5 nitrogen and oxygen atoms in total. The minimum atomic E-state index is 0.941. The molecule has 0 amide bonds. The fourth-order valence-corrected chi connectivity index (χ4v) is 2.27. The summed E-state index contributed by atoms with van der Waals surface area (Å²) in [5.41, 5.74) is 5.43. The largest absolute Gasteiger partial charge is 0.345 e. The van der Waals surface area contributed by atoms with Gasteiger partial charge in [-0.3, -0.25) is 4.68 Å². The molecule has 2 N–H and O–H groups in total. The van der Waals surface area contributed by atoms with Crippen LogP contribution in [0, 0.1) is 0 Å².